The van der Waals surface area contributed by atoms with E-state index in [0.717, 1.165) is 25.3 Å². The van der Waals surface area contributed by atoms with Gasteiger partial charge in [0, 0.05) is 24.7 Å². The van der Waals surface area contributed by atoms with E-state index in [9.17, 15) is 9.90 Å². The number of nitrogens with zero attached hydrogens (tertiary/aromatic N) is 4. The van der Waals surface area contributed by atoms with Gasteiger partial charge in [-0.05, 0) is 38.9 Å². The number of aromatic nitrogens is 3. The Morgan fingerprint density at radius 3 is 2.90 bits per heavy atom. The standard InChI is InChI=1S/C14H18N4O2/c1-9(2)17-7-5-10(8-17)12-15-16-13-11(14(19)20)4-3-6-18(12)13/h3-4,6,9-10H,5,7-8H2,1-2H3,(H,19,20). The SMILES string of the molecule is CC(C)N1CCC(c2nnc3c(C(=O)O)cccn23)C1. The number of fused-ring (bicyclic) bond motifs is 1. The smallest absolute Gasteiger partial charge is 0.339 e. The van der Waals surface area contributed by atoms with Crippen molar-refractivity contribution in [2.24, 2.45) is 0 Å². The summed E-state index contributed by atoms with van der Waals surface area (Å²) in [6.07, 6.45) is 2.88. The van der Waals surface area contributed by atoms with E-state index in [4.69, 9.17) is 0 Å². The topological polar surface area (TPSA) is 70.7 Å². The first kappa shape index (κ1) is 13.1. The van der Waals surface area contributed by atoms with Gasteiger partial charge >= 0.3 is 5.97 Å². The Labute approximate surface area is 117 Å². The maximum Gasteiger partial charge on any atom is 0.339 e. The fraction of sp³-hybridized carbons (Fsp3) is 0.500. The molecule has 0 saturated carbocycles. The molecule has 1 N–H and O–H groups in total. The van der Waals surface area contributed by atoms with Crippen molar-refractivity contribution >= 4 is 11.6 Å². The fourth-order valence-corrected chi connectivity index (χ4v) is 2.85. The molecule has 3 rings (SSSR count). The maximum absolute atomic E-state index is 11.2. The van der Waals surface area contributed by atoms with Crippen LogP contribution in [0.3, 0.4) is 0 Å². The van der Waals surface area contributed by atoms with Crippen LogP contribution in [-0.4, -0.2) is 49.7 Å². The van der Waals surface area contributed by atoms with Crippen LogP contribution >= 0.6 is 0 Å². The first-order valence-corrected chi connectivity index (χ1v) is 6.89. The number of aromatic carboxylic acids is 1. The lowest BCUT2D eigenvalue weighted by Crippen LogP contribution is -2.28. The molecule has 20 heavy (non-hydrogen) atoms. The molecule has 0 aliphatic carbocycles. The predicted molar refractivity (Wildman–Crippen MR) is 74.0 cm³/mol. The van der Waals surface area contributed by atoms with E-state index < -0.39 is 5.97 Å². The van der Waals surface area contributed by atoms with Crippen molar-refractivity contribution in [1.82, 2.24) is 19.5 Å². The van der Waals surface area contributed by atoms with E-state index in [1.807, 2.05) is 10.6 Å². The van der Waals surface area contributed by atoms with Gasteiger partial charge in [0.15, 0.2) is 5.65 Å². The summed E-state index contributed by atoms with van der Waals surface area (Å²) in [5.74, 6) is 0.215. The average molecular weight is 274 g/mol. The number of hydrogen-bond donors (Lipinski definition) is 1. The monoisotopic (exact) mass is 274 g/mol. The van der Waals surface area contributed by atoms with Crippen molar-refractivity contribution in [3.8, 4) is 0 Å². The van der Waals surface area contributed by atoms with Crippen LogP contribution < -0.4 is 0 Å². The summed E-state index contributed by atoms with van der Waals surface area (Å²) in [4.78, 5) is 13.6. The third-order valence-electron chi connectivity index (χ3n) is 4.01. The lowest BCUT2D eigenvalue weighted by Gasteiger charge is -2.19. The molecule has 1 aliphatic rings. The molecule has 6 nitrogen and oxygen atoms in total. The summed E-state index contributed by atoms with van der Waals surface area (Å²) >= 11 is 0. The van der Waals surface area contributed by atoms with Crippen LogP contribution in [0.5, 0.6) is 0 Å². The van der Waals surface area contributed by atoms with Crippen LogP contribution in [0.1, 0.15) is 42.4 Å². The lowest BCUT2D eigenvalue weighted by atomic mass is 10.1. The van der Waals surface area contributed by atoms with Crippen LogP contribution in [0.4, 0.5) is 0 Å². The van der Waals surface area contributed by atoms with Crippen molar-refractivity contribution in [2.75, 3.05) is 13.1 Å². The van der Waals surface area contributed by atoms with Crippen molar-refractivity contribution < 1.29 is 9.90 Å². The molecule has 2 aromatic heterocycles. The number of carboxylic acid groups (broad SMARTS) is 1. The third-order valence-corrected chi connectivity index (χ3v) is 4.01. The zero-order valence-electron chi connectivity index (χ0n) is 11.7. The second-order valence-corrected chi connectivity index (χ2v) is 5.55. The molecule has 1 unspecified atom stereocenters. The van der Waals surface area contributed by atoms with Gasteiger partial charge < -0.3 is 10.0 Å². The number of hydrogen-bond acceptors (Lipinski definition) is 4. The molecule has 1 fully saturated rings. The third kappa shape index (κ3) is 2.06. The van der Waals surface area contributed by atoms with Crippen LogP contribution in [0.15, 0.2) is 18.3 Å². The van der Waals surface area contributed by atoms with Crippen LogP contribution in [-0.2, 0) is 0 Å². The second kappa shape index (κ2) is 4.86. The summed E-state index contributed by atoms with van der Waals surface area (Å²) in [5.41, 5.74) is 0.628. The van der Waals surface area contributed by atoms with E-state index in [1.165, 1.54) is 0 Å². The van der Waals surface area contributed by atoms with E-state index in [2.05, 4.69) is 28.9 Å². The lowest BCUT2D eigenvalue weighted by molar-refractivity contribution is 0.0698. The molecule has 0 spiro atoms. The Hall–Kier alpha value is -1.95. The molecule has 3 heterocycles. The van der Waals surface area contributed by atoms with Crippen molar-refractivity contribution in [3.05, 3.63) is 29.7 Å². The maximum atomic E-state index is 11.2. The minimum atomic E-state index is -0.968. The molecule has 0 amide bonds. The minimum absolute atomic E-state index is 0.199. The second-order valence-electron chi connectivity index (χ2n) is 5.55. The van der Waals surface area contributed by atoms with Gasteiger partial charge in [0.1, 0.15) is 11.4 Å². The van der Waals surface area contributed by atoms with Crippen molar-refractivity contribution in [1.29, 1.82) is 0 Å². The predicted octanol–water partition coefficient (Wildman–Crippen LogP) is 1.63. The van der Waals surface area contributed by atoms with Crippen LogP contribution in [0.25, 0.3) is 5.65 Å². The highest BCUT2D eigenvalue weighted by Gasteiger charge is 2.29. The van der Waals surface area contributed by atoms with Gasteiger partial charge in [-0.25, -0.2) is 4.79 Å². The number of pyridine rings is 1. The largest absolute Gasteiger partial charge is 0.478 e. The quantitative estimate of drug-likeness (QED) is 0.921. The first-order valence-electron chi connectivity index (χ1n) is 6.89. The summed E-state index contributed by atoms with van der Waals surface area (Å²) < 4.78 is 1.82. The summed E-state index contributed by atoms with van der Waals surface area (Å²) in [5, 5.41) is 17.5. The highest BCUT2D eigenvalue weighted by Crippen LogP contribution is 2.27. The van der Waals surface area contributed by atoms with Gasteiger partial charge in [-0.2, -0.15) is 0 Å². The summed E-state index contributed by atoms with van der Waals surface area (Å²) in [6.45, 7) is 6.38. The minimum Gasteiger partial charge on any atom is -0.478 e. The number of likely N-dealkylation sites (tertiary alicyclic amines) is 1. The van der Waals surface area contributed by atoms with E-state index in [1.54, 1.807) is 12.1 Å². The summed E-state index contributed by atoms with van der Waals surface area (Å²) in [6, 6.07) is 3.82. The van der Waals surface area contributed by atoms with Crippen LogP contribution in [0.2, 0.25) is 0 Å². The number of carbonyl (C=O) groups is 1. The van der Waals surface area contributed by atoms with Crippen LogP contribution in [0, 0.1) is 0 Å². The van der Waals surface area contributed by atoms with Gasteiger partial charge in [-0.15, -0.1) is 10.2 Å². The number of carboxylic acids is 1. The molecule has 0 aromatic carbocycles. The molecule has 0 bridgehead atoms. The Balaban J connectivity index is 1.98. The fourth-order valence-electron chi connectivity index (χ4n) is 2.85. The Morgan fingerprint density at radius 1 is 1.45 bits per heavy atom. The highest BCUT2D eigenvalue weighted by molar-refractivity contribution is 5.94. The molecular formula is C14H18N4O2. The molecule has 6 heteroatoms. The average Bonchev–Trinajstić information content (AvgIpc) is 3.03. The van der Waals surface area contributed by atoms with E-state index in [-0.39, 0.29) is 5.56 Å². The van der Waals surface area contributed by atoms with Gasteiger partial charge in [-0.1, -0.05) is 0 Å². The van der Waals surface area contributed by atoms with Gasteiger partial charge in [0.25, 0.3) is 0 Å². The first-order chi connectivity index (χ1) is 9.58. The Morgan fingerprint density at radius 2 is 2.25 bits per heavy atom. The zero-order valence-corrected chi connectivity index (χ0v) is 11.7. The zero-order chi connectivity index (χ0) is 14.3. The molecule has 0 radical (unpaired) electrons. The van der Waals surface area contributed by atoms with E-state index in [0.29, 0.717) is 17.6 Å². The summed E-state index contributed by atoms with van der Waals surface area (Å²) in [7, 11) is 0. The molecular weight excluding hydrogens is 256 g/mol. The van der Waals surface area contributed by atoms with Crippen molar-refractivity contribution in [3.63, 3.8) is 0 Å². The van der Waals surface area contributed by atoms with Gasteiger partial charge in [0.05, 0.1) is 0 Å². The Kier molecular flexibility index (Phi) is 3.17. The molecule has 1 aliphatic heterocycles. The normalized spacial score (nSPS) is 20.1. The molecule has 1 saturated heterocycles. The number of rotatable bonds is 3. The van der Waals surface area contributed by atoms with E-state index >= 15 is 0 Å². The van der Waals surface area contributed by atoms with Crippen molar-refractivity contribution in [2.45, 2.75) is 32.2 Å². The molecule has 2 aromatic rings. The molecule has 1 atom stereocenters. The molecule has 106 valence electrons. The van der Waals surface area contributed by atoms with Gasteiger partial charge in [-0.3, -0.25) is 4.40 Å². The highest BCUT2D eigenvalue weighted by atomic mass is 16.4. The van der Waals surface area contributed by atoms with Gasteiger partial charge in [0.2, 0.25) is 0 Å². The Bertz CT molecular complexity index is 650.